The standard InChI is InChI=1S/C27H36N6O2/c1-17(2)35-24-9-8-18(3)13-21(24)27(34)32-11-6-5-7-23(32)22-14-25-29-26(19(4)15-33(25)30-22)31-12-10-20(28)16-31/h8-9,13-15,17,20,23H,5-7,10-12,16,28H2,1-4H3/t20-,23-/m0/s1. The molecule has 0 aliphatic carbocycles. The number of ether oxygens (including phenoxy) is 1. The molecule has 186 valence electrons. The van der Waals surface area contributed by atoms with Crippen LogP contribution in [0.1, 0.15) is 72.8 Å². The second-order valence-corrected chi connectivity index (χ2v) is 10.3. The maximum absolute atomic E-state index is 13.8. The van der Waals surface area contributed by atoms with Crippen LogP contribution in [0, 0.1) is 13.8 Å². The Labute approximate surface area is 207 Å². The van der Waals surface area contributed by atoms with Crippen LogP contribution in [0.3, 0.4) is 0 Å². The lowest BCUT2D eigenvalue weighted by Gasteiger charge is -2.35. The molecule has 2 atom stereocenters. The van der Waals surface area contributed by atoms with Gasteiger partial charge in [-0.05, 0) is 65.5 Å². The Bertz CT molecular complexity index is 1240. The van der Waals surface area contributed by atoms with Gasteiger partial charge < -0.3 is 20.3 Å². The van der Waals surface area contributed by atoms with Gasteiger partial charge in [0.15, 0.2) is 5.65 Å². The van der Waals surface area contributed by atoms with Gasteiger partial charge in [-0.1, -0.05) is 11.6 Å². The molecule has 0 bridgehead atoms. The Kier molecular flexibility index (Phi) is 6.40. The lowest BCUT2D eigenvalue weighted by atomic mass is 9.97. The van der Waals surface area contributed by atoms with E-state index in [2.05, 4.69) is 11.8 Å². The van der Waals surface area contributed by atoms with Crippen LogP contribution in [0.25, 0.3) is 5.65 Å². The molecule has 0 radical (unpaired) electrons. The van der Waals surface area contributed by atoms with Crippen molar-refractivity contribution in [1.82, 2.24) is 19.5 Å². The van der Waals surface area contributed by atoms with Crippen LogP contribution < -0.4 is 15.4 Å². The molecule has 2 aliphatic heterocycles. The fourth-order valence-corrected chi connectivity index (χ4v) is 5.29. The van der Waals surface area contributed by atoms with Crippen molar-refractivity contribution in [3.8, 4) is 5.75 Å². The van der Waals surface area contributed by atoms with Gasteiger partial charge in [-0.2, -0.15) is 5.10 Å². The Morgan fingerprint density at radius 2 is 1.97 bits per heavy atom. The summed E-state index contributed by atoms with van der Waals surface area (Å²) < 4.78 is 7.84. The number of aryl methyl sites for hydroxylation is 2. The number of piperidine rings is 1. The summed E-state index contributed by atoms with van der Waals surface area (Å²) in [6, 6.07) is 7.98. The van der Waals surface area contributed by atoms with Gasteiger partial charge in [0.25, 0.3) is 5.91 Å². The molecule has 2 aromatic heterocycles. The van der Waals surface area contributed by atoms with Gasteiger partial charge in [-0.3, -0.25) is 4.79 Å². The van der Waals surface area contributed by atoms with Crippen LogP contribution >= 0.6 is 0 Å². The Hall–Kier alpha value is -3.13. The number of anilines is 1. The van der Waals surface area contributed by atoms with E-state index < -0.39 is 0 Å². The highest BCUT2D eigenvalue weighted by molar-refractivity contribution is 5.97. The van der Waals surface area contributed by atoms with Crippen molar-refractivity contribution >= 4 is 17.4 Å². The van der Waals surface area contributed by atoms with Crippen molar-refractivity contribution in [3.63, 3.8) is 0 Å². The summed E-state index contributed by atoms with van der Waals surface area (Å²) in [6.07, 6.45) is 5.95. The molecule has 1 amide bonds. The van der Waals surface area contributed by atoms with Crippen LogP contribution in [0.5, 0.6) is 5.75 Å². The summed E-state index contributed by atoms with van der Waals surface area (Å²) in [5.74, 6) is 1.62. The van der Waals surface area contributed by atoms with E-state index in [9.17, 15) is 4.79 Å². The van der Waals surface area contributed by atoms with Gasteiger partial charge in [-0.25, -0.2) is 9.50 Å². The number of likely N-dealkylation sites (tertiary alicyclic amines) is 1. The number of aromatic nitrogens is 3. The zero-order chi connectivity index (χ0) is 24.7. The zero-order valence-electron chi connectivity index (χ0n) is 21.2. The molecule has 0 spiro atoms. The number of benzene rings is 1. The van der Waals surface area contributed by atoms with Gasteiger partial charge in [0.2, 0.25) is 0 Å². The molecular weight excluding hydrogens is 440 g/mol. The summed E-state index contributed by atoms with van der Waals surface area (Å²) >= 11 is 0. The van der Waals surface area contributed by atoms with E-state index >= 15 is 0 Å². The van der Waals surface area contributed by atoms with Crippen molar-refractivity contribution in [2.45, 2.75) is 71.6 Å². The second-order valence-electron chi connectivity index (χ2n) is 10.3. The van der Waals surface area contributed by atoms with Crippen molar-refractivity contribution in [2.24, 2.45) is 5.73 Å². The highest BCUT2D eigenvalue weighted by Crippen LogP contribution is 2.34. The molecule has 1 aromatic carbocycles. The summed E-state index contributed by atoms with van der Waals surface area (Å²) in [5.41, 5.74) is 10.6. The molecule has 8 heteroatoms. The predicted molar refractivity (Wildman–Crippen MR) is 137 cm³/mol. The number of nitrogens with zero attached hydrogens (tertiary/aromatic N) is 5. The normalized spacial score (nSPS) is 20.7. The lowest BCUT2D eigenvalue weighted by molar-refractivity contribution is 0.0599. The van der Waals surface area contributed by atoms with Crippen LogP contribution in [0.15, 0.2) is 30.5 Å². The first-order chi connectivity index (χ1) is 16.8. The number of carbonyl (C=O) groups is 1. The van der Waals surface area contributed by atoms with Crippen molar-refractivity contribution in [2.75, 3.05) is 24.5 Å². The Balaban J connectivity index is 1.47. The molecule has 2 fully saturated rings. The largest absolute Gasteiger partial charge is 0.490 e. The number of carbonyl (C=O) groups excluding carboxylic acids is 1. The average molecular weight is 477 g/mol. The van der Waals surface area contributed by atoms with Crippen LogP contribution in [0.2, 0.25) is 0 Å². The maximum atomic E-state index is 13.8. The van der Waals surface area contributed by atoms with Gasteiger partial charge in [0.1, 0.15) is 11.6 Å². The molecule has 4 heterocycles. The van der Waals surface area contributed by atoms with Gasteiger partial charge in [0.05, 0.1) is 23.4 Å². The topological polar surface area (TPSA) is 89.0 Å². The fourth-order valence-electron chi connectivity index (χ4n) is 5.29. The van der Waals surface area contributed by atoms with E-state index in [1.54, 1.807) is 0 Å². The quantitative estimate of drug-likeness (QED) is 0.598. The van der Waals surface area contributed by atoms with Crippen molar-refractivity contribution in [1.29, 1.82) is 0 Å². The van der Waals surface area contributed by atoms with Crippen molar-refractivity contribution < 1.29 is 9.53 Å². The zero-order valence-corrected chi connectivity index (χ0v) is 21.2. The predicted octanol–water partition coefficient (Wildman–Crippen LogP) is 4.04. The van der Waals surface area contributed by atoms with E-state index in [-0.39, 0.29) is 24.1 Å². The third kappa shape index (κ3) is 4.72. The van der Waals surface area contributed by atoms with E-state index in [1.165, 1.54) is 0 Å². The molecule has 0 unspecified atom stereocenters. The summed E-state index contributed by atoms with van der Waals surface area (Å²) in [4.78, 5) is 23.0. The maximum Gasteiger partial charge on any atom is 0.258 e. The number of rotatable bonds is 5. The lowest BCUT2D eigenvalue weighted by Crippen LogP contribution is -2.39. The summed E-state index contributed by atoms with van der Waals surface area (Å²) in [6.45, 7) is 10.5. The molecule has 0 saturated carbocycles. The van der Waals surface area contributed by atoms with E-state index in [4.69, 9.17) is 20.6 Å². The molecule has 8 nitrogen and oxygen atoms in total. The highest BCUT2D eigenvalue weighted by Gasteiger charge is 2.32. The third-order valence-corrected chi connectivity index (χ3v) is 6.98. The number of fused-ring (bicyclic) bond motifs is 1. The first kappa shape index (κ1) is 23.6. The number of hydrogen-bond acceptors (Lipinski definition) is 6. The Morgan fingerprint density at radius 1 is 1.14 bits per heavy atom. The molecule has 3 aromatic rings. The molecule has 5 rings (SSSR count). The summed E-state index contributed by atoms with van der Waals surface area (Å²) in [5, 5.41) is 4.88. The van der Waals surface area contributed by atoms with Crippen molar-refractivity contribution in [3.05, 3.63) is 52.8 Å². The average Bonchev–Trinajstić information content (AvgIpc) is 3.44. The first-order valence-corrected chi connectivity index (χ1v) is 12.8. The van der Waals surface area contributed by atoms with Crippen LogP contribution in [0.4, 0.5) is 5.82 Å². The van der Waals surface area contributed by atoms with E-state index in [0.717, 1.165) is 67.1 Å². The van der Waals surface area contributed by atoms with E-state index in [1.807, 2.05) is 60.6 Å². The van der Waals surface area contributed by atoms with Gasteiger partial charge >= 0.3 is 0 Å². The molecule has 2 aliphatic rings. The third-order valence-electron chi connectivity index (χ3n) is 6.98. The SMILES string of the molecule is Cc1ccc(OC(C)C)c(C(=O)N2CCCC[C@H]2c2cc3nc(N4CC[C@H](N)C4)c(C)cn3n2)c1. The summed E-state index contributed by atoms with van der Waals surface area (Å²) in [7, 11) is 0. The monoisotopic (exact) mass is 476 g/mol. The van der Waals surface area contributed by atoms with E-state index in [0.29, 0.717) is 17.9 Å². The minimum Gasteiger partial charge on any atom is -0.490 e. The second kappa shape index (κ2) is 9.49. The minimum absolute atomic E-state index is 0.00184. The number of hydrogen-bond donors (Lipinski definition) is 1. The molecule has 35 heavy (non-hydrogen) atoms. The Morgan fingerprint density at radius 3 is 2.71 bits per heavy atom. The molecule has 2 N–H and O–H groups in total. The van der Waals surface area contributed by atoms with Crippen LogP contribution in [-0.2, 0) is 0 Å². The number of nitrogens with two attached hydrogens (primary N) is 1. The van der Waals surface area contributed by atoms with Gasteiger partial charge in [0, 0.05) is 43.5 Å². The first-order valence-electron chi connectivity index (χ1n) is 12.8. The van der Waals surface area contributed by atoms with Crippen LogP contribution in [-0.4, -0.2) is 57.2 Å². The fraction of sp³-hybridized carbons (Fsp3) is 0.519. The minimum atomic E-state index is -0.0886. The number of amides is 1. The molecular formula is C27H36N6O2. The smallest absolute Gasteiger partial charge is 0.258 e. The van der Waals surface area contributed by atoms with Gasteiger partial charge in [-0.15, -0.1) is 0 Å². The highest BCUT2D eigenvalue weighted by atomic mass is 16.5. The molecule has 2 saturated heterocycles.